The summed E-state index contributed by atoms with van der Waals surface area (Å²) in [5.74, 6) is -0.765. The Balaban J connectivity index is 2.23. The molecule has 1 saturated heterocycles. The van der Waals surface area contributed by atoms with E-state index in [0.29, 0.717) is 6.42 Å². The maximum absolute atomic E-state index is 14.1. The number of alkyl halides is 1. The van der Waals surface area contributed by atoms with Gasteiger partial charge in [-0.25, -0.2) is 17.2 Å². The third-order valence-electron chi connectivity index (χ3n) is 3.87. The van der Waals surface area contributed by atoms with E-state index >= 15 is 0 Å². The summed E-state index contributed by atoms with van der Waals surface area (Å²) < 4.78 is 53.5. The minimum atomic E-state index is -3.96. The van der Waals surface area contributed by atoms with Crippen LogP contribution in [0.1, 0.15) is 20.3 Å². The topological polar surface area (TPSA) is 37.4 Å². The normalized spacial score (nSPS) is 25.1. The summed E-state index contributed by atoms with van der Waals surface area (Å²) in [6.07, 6.45) is -0.739. The monoisotopic (exact) mass is 303 g/mol. The van der Waals surface area contributed by atoms with E-state index in [1.807, 2.05) is 13.8 Å². The molecular weight excluding hydrogens is 284 g/mol. The van der Waals surface area contributed by atoms with Crippen LogP contribution in [0.25, 0.3) is 0 Å². The molecule has 0 spiro atoms. The average molecular weight is 303 g/mol. The molecule has 2 rings (SSSR count). The van der Waals surface area contributed by atoms with Crippen LogP contribution in [-0.4, -0.2) is 32.0 Å². The molecule has 1 aromatic rings. The highest BCUT2D eigenvalue weighted by Crippen LogP contribution is 2.30. The molecule has 20 heavy (non-hydrogen) atoms. The minimum Gasteiger partial charge on any atom is -0.246 e. The van der Waals surface area contributed by atoms with Crippen molar-refractivity contribution in [3.05, 3.63) is 30.1 Å². The van der Waals surface area contributed by atoms with Crippen molar-refractivity contribution in [3.8, 4) is 0 Å². The summed E-state index contributed by atoms with van der Waals surface area (Å²) in [6.45, 7) is 3.90. The first kappa shape index (κ1) is 15.4. The van der Waals surface area contributed by atoms with E-state index in [-0.39, 0.29) is 29.8 Å². The summed E-state index contributed by atoms with van der Waals surface area (Å²) in [6, 6.07) is 5.20. The Morgan fingerprint density at radius 2 is 1.95 bits per heavy atom. The van der Waals surface area contributed by atoms with Crippen molar-refractivity contribution in [3.63, 3.8) is 0 Å². The van der Waals surface area contributed by atoms with Gasteiger partial charge in [0.2, 0.25) is 10.0 Å². The summed E-state index contributed by atoms with van der Waals surface area (Å²) in [5.41, 5.74) is 0. The van der Waals surface area contributed by atoms with Gasteiger partial charge in [0.25, 0.3) is 0 Å². The van der Waals surface area contributed by atoms with Gasteiger partial charge in [0.1, 0.15) is 16.9 Å². The highest BCUT2D eigenvalue weighted by molar-refractivity contribution is 7.89. The van der Waals surface area contributed by atoms with E-state index < -0.39 is 22.0 Å². The van der Waals surface area contributed by atoms with Crippen LogP contribution >= 0.6 is 0 Å². The zero-order valence-electron chi connectivity index (χ0n) is 11.6. The second-order valence-corrected chi connectivity index (χ2v) is 7.41. The van der Waals surface area contributed by atoms with Crippen molar-refractivity contribution in [1.82, 2.24) is 4.31 Å². The van der Waals surface area contributed by atoms with Crippen LogP contribution in [-0.2, 0) is 10.0 Å². The van der Waals surface area contributed by atoms with Gasteiger partial charge in [-0.2, -0.15) is 4.31 Å². The van der Waals surface area contributed by atoms with Crippen LogP contribution in [0.4, 0.5) is 8.78 Å². The van der Waals surface area contributed by atoms with Gasteiger partial charge in [-0.05, 0) is 30.4 Å². The zero-order valence-corrected chi connectivity index (χ0v) is 12.4. The molecule has 1 heterocycles. The highest BCUT2D eigenvalue weighted by atomic mass is 32.2. The molecule has 0 aliphatic carbocycles. The van der Waals surface area contributed by atoms with Crippen LogP contribution in [0.15, 0.2) is 29.2 Å². The van der Waals surface area contributed by atoms with Gasteiger partial charge in [0, 0.05) is 13.1 Å². The number of sulfonamides is 1. The highest BCUT2D eigenvalue weighted by Gasteiger charge is 2.37. The molecule has 3 nitrogen and oxygen atoms in total. The van der Waals surface area contributed by atoms with Gasteiger partial charge >= 0.3 is 0 Å². The fraction of sp³-hybridized carbons (Fsp3) is 0.571. The predicted octanol–water partition coefficient (Wildman–Crippen LogP) is 2.83. The standard InChI is InChI=1S/C14H19F2NO2S/c1-10(2)11-7-8-17(9-13(11)16)20(18,19)14-6-4-3-5-12(14)15/h3-6,10-11,13H,7-9H2,1-2H3/t11-,13+/m1/s1. The number of benzene rings is 1. The Morgan fingerprint density at radius 3 is 2.50 bits per heavy atom. The maximum atomic E-state index is 14.1. The van der Waals surface area contributed by atoms with Crippen LogP contribution in [0.2, 0.25) is 0 Å². The molecule has 1 aliphatic heterocycles. The molecule has 0 saturated carbocycles. The molecule has 6 heteroatoms. The molecule has 2 atom stereocenters. The van der Waals surface area contributed by atoms with Gasteiger partial charge in [0.15, 0.2) is 0 Å². The summed E-state index contributed by atoms with van der Waals surface area (Å²) in [5, 5.41) is 0. The summed E-state index contributed by atoms with van der Waals surface area (Å²) >= 11 is 0. The van der Waals surface area contributed by atoms with Crippen LogP contribution in [0.5, 0.6) is 0 Å². The van der Waals surface area contributed by atoms with Crippen molar-refractivity contribution in [2.75, 3.05) is 13.1 Å². The van der Waals surface area contributed by atoms with E-state index in [9.17, 15) is 17.2 Å². The first-order chi connectivity index (χ1) is 9.34. The van der Waals surface area contributed by atoms with Gasteiger partial charge in [-0.3, -0.25) is 0 Å². The molecule has 0 unspecified atom stereocenters. The molecule has 112 valence electrons. The predicted molar refractivity (Wildman–Crippen MR) is 73.0 cm³/mol. The lowest BCUT2D eigenvalue weighted by molar-refractivity contribution is 0.101. The molecule has 0 aromatic heterocycles. The van der Waals surface area contributed by atoms with Crippen molar-refractivity contribution >= 4 is 10.0 Å². The lowest BCUT2D eigenvalue weighted by Gasteiger charge is -2.35. The lowest BCUT2D eigenvalue weighted by Crippen LogP contribution is -2.46. The first-order valence-corrected chi connectivity index (χ1v) is 8.16. The first-order valence-electron chi connectivity index (χ1n) is 6.72. The van der Waals surface area contributed by atoms with Crippen molar-refractivity contribution in [2.24, 2.45) is 11.8 Å². The number of hydrogen-bond acceptors (Lipinski definition) is 2. The average Bonchev–Trinajstić information content (AvgIpc) is 2.38. The largest absolute Gasteiger partial charge is 0.246 e. The Labute approximate surface area is 118 Å². The van der Waals surface area contributed by atoms with Gasteiger partial charge in [0.05, 0.1) is 0 Å². The third kappa shape index (κ3) is 2.86. The van der Waals surface area contributed by atoms with E-state index in [0.717, 1.165) is 10.4 Å². The molecule has 1 fully saturated rings. The molecule has 1 aliphatic rings. The molecule has 1 aromatic carbocycles. The third-order valence-corrected chi connectivity index (χ3v) is 5.76. The Morgan fingerprint density at radius 1 is 1.30 bits per heavy atom. The van der Waals surface area contributed by atoms with E-state index in [1.54, 1.807) is 0 Å². The van der Waals surface area contributed by atoms with Gasteiger partial charge in [-0.15, -0.1) is 0 Å². The number of rotatable bonds is 3. The van der Waals surface area contributed by atoms with Gasteiger partial charge < -0.3 is 0 Å². The maximum Gasteiger partial charge on any atom is 0.246 e. The van der Waals surface area contributed by atoms with Crippen LogP contribution < -0.4 is 0 Å². The fourth-order valence-corrected chi connectivity index (χ4v) is 4.19. The van der Waals surface area contributed by atoms with Crippen LogP contribution in [0, 0.1) is 17.7 Å². The van der Waals surface area contributed by atoms with Crippen molar-refractivity contribution in [1.29, 1.82) is 0 Å². The Hall–Kier alpha value is -1.01. The van der Waals surface area contributed by atoms with E-state index in [2.05, 4.69) is 0 Å². The fourth-order valence-electron chi connectivity index (χ4n) is 2.66. The molecule has 0 bridgehead atoms. The van der Waals surface area contributed by atoms with E-state index in [4.69, 9.17) is 0 Å². The van der Waals surface area contributed by atoms with Crippen molar-refractivity contribution in [2.45, 2.75) is 31.3 Å². The number of nitrogens with zero attached hydrogens (tertiary/aromatic N) is 1. The summed E-state index contributed by atoms with van der Waals surface area (Å²) in [4.78, 5) is -0.379. The second-order valence-electron chi connectivity index (χ2n) is 5.51. The molecule has 0 N–H and O–H groups in total. The van der Waals surface area contributed by atoms with Gasteiger partial charge in [-0.1, -0.05) is 26.0 Å². The summed E-state index contributed by atoms with van der Waals surface area (Å²) in [7, 11) is -3.96. The van der Waals surface area contributed by atoms with Crippen molar-refractivity contribution < 1.29 is 17.2 Å². The number of hydrogen-bond donors (Lipinski definition) is 0. The Kier molecular flexibility index (Phi) is 4.44. The zero-order chi connectivity index (χ0) is 14.9. The quantitative estimate of drug-likeness (QED) is 0.861. The SMILES string of the molecule is CC(C)[C@H]1CCN(S(=O)(=O)c2ccccc2F)C[C@@H]1F. The molecule has 0 amide bonds. The number of halogens is 2. The van der Waals surface area contributed by atoms with E-state index in [1.165, 1.54) is 18.2 Å². The van der Waals surface area contributed by atoms with Crippen LogP contribution in [0.3, 0.4) is 0 Å². The lowest BCUT2D eigenvalue weighted by atomic mass is 9.86. The molecule has 0 radical (unpaired) electrons. The smallest absolute Gasteiger partial charge is 0.246 e. The minimum absolute atomic E-state index is 0.137. The Bertz CT molecular complexity index is 574. The molecular formula is C14H19F2NO2S. The second kappa shape index (κ2) is 5.77. The number of piperidine rings is 1.